The summed E-state index contributed by atoms with van der Waals surface area (Å²) in [6.07, 6.45) is 7.70. The lowest BCUT2D eigenvalue weighted by Crippen LogP contribution is -2.48. The zero-order valence-electron chi connectivity index (χ0n) is 8.12. The van der Waals surface area contributed by atoms with Crippen molar-refractivity contribution in [3.63, 3.8) is 0 Å². The molecule has 1 amide bonds. The van der Waals surface area contributed by atoms with E-state index in [0.29, 0.717) is 0 Å². The molecule has 1 aliphatic rings. The second-order valence-corrected chi connectivity index (χ2v) is 3.56. The van der Waals surface area contributed by atoms with Crippen molar-refractivity contribution in [2.45, 2.75) is 44.7 Å². The number of allylic oxidation sites excluding steroid dienone is 1. The largest absolute Gasteiger partial charge is 0.348 e. The second-order valence-electron chi connectivity index (χ2n) is 3.56. The Balaban J connectivity index is 2.37. The first-order chi connectivity index (χ1) is 6.24. The van der Waals surface area contributed by atoms with Crippen LogP contribution in [0.5, 0.6) is 0 Å². The van der Waals surface area contributed by atoms with Gasteiger partial charge in [-0.15, -0.1) is 0 Å². The standard InChI is InChI=1S/C10H18N2O/c1-2-5-10(13)12-9-7-4-3-6-8(9)11/h2,5,8-9H,3-4,6-7,11H2,1H3,(H,12,13)/b5-2+. The number of nitrogens with one attached hydrogen (secondary N) is 1. The van der Waals surface area contributed by atoms with E-state index < -0.39 is 0 Å². The number of nitrogens with two attached hydrogens (primary N) is 1. The molecule has 3 heteroatoms. The number of rotatable bonds is 2. The molecule has 1 saturated carbocycles. The van der Waals surface area contributed by atoms with E-state index in [1.807, 2.05) is 6.92 Å². The van der Waals surface area contributed by atoms with Gasteiger partial charge < -0.3 is 11.1 Å². The molecule has 0 heterocycles. The molecule has 0 aromatic heterocycles. The molecule has 2 atom stereocenters. The van der Waals surface area contributed by atoms with Gasteiger partial charge in [-0.25, -0.2) is 0 Å². The molecule has 0 aromatic carbocycles. The summed E-state index contributed by atoms with van der Waals surface area (Å²) in [6, 6.07) is 0.320. The Kier molecular flexibility index (Phi) is 3.96. The summed E-state index contributed by atoms with van der Waals surface area (Å²) in [5.41, 5.74) is 5.88. The highest BCUT2D eigenvalue weighted by Crippen LogP contribution is 2.16. The Labute approximate surface area is 79.4 Å². The molecule has 2 unspecified atom stereocenters. The van der Waals surface area contributed by atoms with Gasteiger partial charge in [0.25, 0.3) is 0 Å². The van der Waals surface area contributed by atoms with Crippen LogP contribution in [0.25, 0.3) is 0 Å². The highest BCUT2D eigenvalue weighted by atomic mass is 16.1. The average molecular weight is 182 g/mol. The number of carbonyl (C=O) groups excluding carboxylic acids is 1. The Morgan fingerprint density at radius 1 is 1.46 bits per heavy atom. The SMILES string of the molecule is C/C=C/C(=O)NC1CCCCC1N. The first kappa shape index (κ1) is 10.3. The predicted octanol–water partition coefficient (Wildman–Crippen LogP) is 0.949. The third-order valence-corrected chi connectivity index (χ3v) is 2.47. The molecule has 1 aliphatic carbocycles. The number of hydrogen-bond donors (Lipinski definition) is 2. The molecule has 0 aliphatic heterocycles. The maximum absolute atomic E-state index is 11.2. The van der Waals surface area contributed by atoms with Crippen LogP contribution in [0.2, 0.25) is 0 Å². The molecular formula is C10H18N2O. The average Bonchev–Trinajstić information content (AvgIpc) is 2.09. The summed E-state index contributed by atoms with van der Waals surface area (Å²) >= 11 is 0. The topological polar surface area (TPSA) is 55.1 Å². The number of hydrogen-bond acceptors (Lipinski definition) is 2. The van der Waals surface area contributed by atoms with Crippen molar-refractivity contribution in [2.24, 2.45) is 5.73 Å². The third-order valence-electron chi connectivity index (χ3n) is 2.47. The van der Waals surface area contributed by atoms with Gasteiger partial charge in [0.1, 0.15) is 0 Å². The summed E-state index contributed by atoms with van der Waals surface area (Å²) in [6.45, 7) is 1.83. The minimum absolute atomic E-state index is 0.0233. The van der Waals surface area contributed by atoms with E-state index in [1.165, 1.54) is 12.8 Å². The van der Waals surface area contributed by atoms with Gasteiger partial charge in [0.2, 0.25) is 5.91 Å². The normalized spacial score (nSPS) is 29.1. The third kappa shape index (κ3) is 3.19. The molecule has 0 bridgehead atoms. The first-order valence-electron chi connectivity index (χ1n) is 4.93. The lowest BCUT2D eigenvalue weighted by molar-refractivity contribution is -0.117. The Morgan fingerprint density at radius 2 is 2.15 bits per heavy atom. The second kappa shape index (κ2) is 5.02. The van der Waals surface area contributed by atoms with Crippen LogP contribution in [0.3, 0.4) is 0 Å². The molecule has 0 aromatic rings. The van der Waals surface area contributed by atoms with Crippen LogP contribution in [0.15, 0.2) is 12.2 Å². The highest BCUT2D eigenvalue weighted by molar-refractivity contribution is 5.87. The van der Waals surface area contributed by atoms with Crippen molar-refractivity contribution in [3.8, 4) is 0 Å². The van der Waals surface area contributed by atoms with Gasteiger partial charge in [0.15, 0.2) is 0 Å². The predicted molar refractivity (Wildman–Crippen MR) is 53.2 cm³/mol. The van der Waals surface area contributed by atoms with Crippen LogP contribution in [-0.4, -0.2) is 18.0 Å². The molecule has 0 saturated heterocycles. The van der Waals surface area contributed by atoms with Crippen molar-refractivity contribution >= 4 is 5.91 Å². The van der Waals surface area contributed by atoms with Gasteiger partial charge in [-0.05, 0) is 25.8 Å². The van der Waals surface area contributed by atoms with E-state index in [4.69, 9.17) is 5.73 Å². The van der Waals surface area contributed by atoms with Crippen LogP contribution in [0, 0.1) is 0 Å². The van der Waals surface area contributed by atoms with Gasteiger partial charge in [-0.3, -0.25) is 4.79 Å². The fraction of sp³-hybridized carbons (Fsp3) is 0.700. The Hall–Kier alpha value is -0.830. The van der Waals surface area contributed by atoms with E-state index in [0.717, 1.165) is 12.8 Å². The van der Waals surface area contributed by atoms with Gasteiger partial charge in [-0.1, -0.05) is 18.9 Å². The molecule has 3 nitrogen and oxygen atoms in total. The quantitative estimate of drug-likeness (QED) is 0.625. The molecule has 13 heavy (non-hydrogen) atoms. The van der Waals surface area contributed by atoms with Gasteiger partial charge in [-0.2, -0.15) is 0 Å². The molecule has 1 rings (SSSR count). The van der Waals surface area contributed by atoms with Crippen molar-refractivity contribution in [3.05, 3.63) is 12.2 Å². The highest BCUT2D eigenvalue weighted by Gasteiger charge is 2.22. The zero-order chi connectivity index (χ0) is 9.68. The first-order valence-corrected chi connectivity index (χ1v) is 4.93. The van der Waals surface area contributed by atoms with Crippen molar-refractivity contribution in [1.29, 1.82) is 0 Å². The summed E-state index contributed by atoms with van der Waals surface area (Å²) in [5.74, 6) is -0.0233. The maximum atomic E-state index is 11.2. The monoisotopic (exact) mass is 182 g/mol. The Morgan fingerprint density at radius 3 is 2.77 bits per heavy atom. The number of amides is 1. The molecule has 0 spiro atoms. The van der Waals surface area contributed by atoms with Crippen LogP contribution in [0.4, 0.5) is 0 Å². The van der Waals surface area contributed by atoms with E-state index in [-0.39, 0.29) is 18.0 Å². The summed E-state index contributed by atoms with van der Waals surface area (Å²) in [4.78, 5) is 11.2. The van der Waals surface area contributed by atoms with Crippen LogP contribution in [0.1, 0.15) is 32.6 Å². The minimum Gasteiger partial charge on any atom is -0.348 e. The fourth-order valence-corrected chi connectivity index (χ4v) is 1.72. The van der Waals surface area contributed by atoms with Gasteiger partial charge in [0, 0.05) is 12.1 Å². The Bertz CT molecular complexity index is 201. The number of carbonyl (C=O) groups is 1. The van der Waals surface area contributed by atoms with Crippen molar-refractivity contribution < 1.29 is 4.79 Å². The summed E-state index contributed by atoms with van der Waals surface area (Å²) in [5, 5.41) is 2.92. The lowest BCUT2D eigenvalue weighted by atomic mass is 9.91. The van der Waals surface area contributed by atoms with Crippen LogP contribution in [-0.2, 0) is 4.79 Å². The van der Waals surface area contributed by atoms with Crippen LogP contribution >= 0.6 is 0 Å². The molecular weight excluding hydrogens is 164 g/mol. The van der Waals surface area contributed by atoms with Crippen molar-refractivity contribution in [1.82, 2.24) is 5.32 Å². The van der Waals surface area contributed by atoms with E-state index in [9.17, 15) is 4.79 Å². The van der Waals surface area contributed by atoms with E-state index >= 15 is 0 Å². The molecule has 3 N–H and O–H groups in total. The van der Waals surface area contributed by atoms with E-state index in [2.05, 4.69) is 5.32 Å². The minimum atomic E-state index is -0.0233. The molecule has 0 radical (unpaired) electrons. The van der Waals surface area contributed by atoms with Crippen LogP contribution < -0.4 is 11.1 Å². The zero-order valence-corrected chi connectivity index (χ0v) is 8.12. The summed E-state index contributed by atoms with van der Waals surface area (Å²) in [7, 11) is 0. The fourth-order valence-electron chi connectivity index (χ4n) is 1.72. The van der Waals surface area contributed by atoms with E-state index in [1.54, 1.807) is 12.2 Å². The van der Waals surface area contributed by atoms with Gasteiger partial charge >= 0.3 is 0 Å². The smallest absolute Gasteiger partial charge is 0.243 e. The lowest BCUT2D eigenvalue weighted by Gasteiger charge is -2.28. The molecule has 74 valence electrons. The van der Waals surface area contributed by atoms with Gasteiger partial charge in [0.05, 0.1) is 0 Å². The van der Waals surface area contributed by atoms with Crippen molar-refractivity contribution in [2.75, 3.05) is 0 Å². The maximum Gasteiger partial charge on any atom is 0.243 e. The summed E-state index contributed by atoms with van der Waals surface area (Å²) < 4.78 is 0. The molecule has 1 fully saturated rings.